The topological polar surface area (TPSA) is 62.9 Å². The van der Waals surface area contributed by atoms with Gasteiger partial charge in [-0.15, -0.1) is 0 Å². The number of piperazine rings is 1. The molecule has 0 unspecified atom stereocenters. The lowest BCUT2D eigenvalue weighted by Gasteiger charge is -2.40. The maximum absolute atomic E-state index is 12.2. The van der Waals surface area contributed by atoms with E-state index in [1.165, 1.54) is 6.20 Å². The molecule has 0 saturated carbocycles. The van der Waals surface area contributed by atoms with Crippen LogP contribution in [-0.4, -0.2) is 52.2 Å². The van der Waals surface area contributed by atoms with Crippen LogP contribution in [0, 0.1) is 6.57 Å². The van der Waals surface area contributed by atoms with Gasteiger partial charge in [0.1, 0.15) is 10.8 Å². The number of nitrogens with zero attached hydrogens (tertiary/aromatic N) is 5. The summed E-state index contributed by atoms with van der Waals surface area (Å²) >= 11 is 5.96. The van der Waals surface area contributed by atoms with Gasteiger partial charge in [0.15, 0.2) is 0 Å². The first-order chi connectivity index (χ1) is 10.7. The van der Waals surface area contributed by atoms with Crippen molar-refractivity contribution >= 4 is 29.3 Å². The summed E-state index contributed by atoms with van der Waals surface area (Å²) < 4.78 is 5.42. The molecule has 0 radical (unpaired) electrons. The third kappa shape index (κ3) is 4.23. The first-order valence-electron chi connectivity index (χ1n) is 7.36. The fourth-order valence-corrected chi connectivity index (χ4v) is 2.47. The van der Waals surface area contributed by atoms with Crippen LogP contribution in [0.25, 0.3) is 4.85 Å². The molecule has 2 heterocycles. The lowest BCUT2D eigenvalue weighted by atomic mass is 10.2. The molecule has 7 nitrogen and oxygen atoms in total. The molecule has 1 aliphatic rings. The summed E-state index contributed by atoms with van der Waals surface area (Å²) in [6, 6.07) is -0.0403. The van der Waals surface area contributed by atoms with Gasteiger partial charge in [-0.1, -0.05) is 11.6 Å². The van der Waals surface area contributed by atoms with E-state index in [9.17, 15) is 4.79 Å². The van der Waals surface area contributed by atoms with Gasteiger partial charge in [-0.25, -0.2) is 19.6 Å². The van der Waals surface area contributed by atoms with Crippen LogP contribution in [0.1, 0.15) is 27.7 Å². The minimum absolute atomic E-state index is 0.0403. The molecule has 1 aromatic heterocycles. The largest absolute Gasteiger partial charge is 0.444 e. The lowest BCUT2D eigenvalue weighted by Crippen LogP contribution is -2.55. The number of rotatable bonds is 1. The van der Waals surface area contributed by atoms with E-state index in [0.29, 0.717) is 25.6 Å². The highest BCUT2D eigenvalue weighted by molar-refractivity contribution is 6.32. The van der Waals surface area contributed by atoms with Crippen LogP contribution >= 0.6 is 11.6 Å². The van der Waals surface area contributed by atoms with Gasteiger partial charge >= 0.3 is 6.09 Å². The zero-order valence-electron chi connectivity index (χ0n) is 13.7. The standard InChI is InChI=1S/C15H20ClN5O2/c1-10-9-20(13-18-8-11(17-5)12(16)19-13)6-7-21(10)14(22)23-15(2,3)4/h8,10H,6-7,9H2,1-4H3/t10-/m1/s1. The number of aromatic nitrogens is 2. The molecule has 1 aromatic rings. The van der Waals surface area contributed by atoms with E-state index in [2.05, 4.69) is 14.8 Å². The number of ether oxygens (including phenoxy) is 1. The summed E-state index contributed by atoms with van der Waals surface area (Å²) in [5, 5.41) is 0.146. The van der Waals surface area contributed by atoms with Crippen molar-refractivity contribution in [2.45, 2.75) is 39.3 Å². The highest BCUT2D eigenvalue weighted by Crippen LogP contribution is 2.25. The molecule has 1 amide bonds. The van der Waals surface area contributed by atoms with Gasteiger partial charge in [0.25, 0.3) is 0 Å². The molecule has 1 fully saturated rings. The highest BCUT2D eigenvalue weighted by atomic mass is 35.5. The molecular formula is C15H20ClN5O2. The van der Waals surface area contributed by atoms with Crippen molar-refractivity contribution < 1.29 is 9.53 Å². The van der Waals surface area contributed by atoms with Crippen LogP contribution in [-0.2, 0) is 4.74 Å². The Morgan fingerprint density at radius 2 is 2.17 bits per heavy atom. The molecule has 8 heteroatoms. The smallest absolute Gasteiger partial charge is 0.410 e. The first kappa shape index (κ1) is 17.3. The molecule has 124 valence electrons. The van der Waals surface area contributed by atoms with Crippen molar-refractivity contribution in [1.82, 2.24) is 14.9 Å². The van der Waals surface area contributed by atoms with Gasteiger partial charge in [0.2, 0.25) is 11.6 Å². The third-order valence-corrected chi connectivity index (χ3v) is 3.65. The number of hydrogen-bond donors (Lipinski definition) is 0. The minimum atomic E-state index is -0.514. The second kappa shape index (κ2) is 6.59. The summed E-state index contributed by atoms with van der Waals surface area (Å²) in [6.45, 7) is 16.1. The molecule has 2 rings (SSSR count). The Hall–Kier alpha value is -2.07. The number of anilines is 1. The minimum Gasteiger partial charge on any atom is -0.444 e. The maximum Gasteiger partial charge on any atom is 0.410 e. The molecular weight excluding hydrogens is 318 g/mol. The number of amides is 1. The lowest BCUT2D eigenvalue weighted by molar-refractivity contribution is 0.0158. The number of carbonyl (C=O) groups excluding carboxylic acids is 1. The number of halogens is 1. The summed E-state index contributed by atoms with van der Waals surface area (Å²) in [4.78, 5) is 27.4. The van der Waals surface area contributed by atoms with E-state index in [4.69, 9.17) is 22.9 Å². The summed E-state index contributed by atoms with van der Waals surface area (Å²) in [6.07, 6.45) is 1.11. The number of carbonyl (C=O) groups is 1. The van der Waals surface area contributed by atoms with E-state index in [1.807, 2.05) is 32.6 Å². The van der Waals surface area contributed by atoms with E-state index in [-0.39, 0.29) is 23.0 Å². The van der Waals surface area contributed by atoms with Crippen molar-refractivity contribution in [3.63, 3.8) is 0 Å². The SMILES string of the molecule is [C-]#[N+]c1cnc(N2CCN(C(=O)OC(C)(C)C)[C@H](C)C2)nc1Cl. The predicted octanol–water partition coefficient (Wildman–Crippen LogP) is 3.13. The van der Waals surface area contributed by atoms with Gasteiger partial charge in [0.05, 0.1) is 6.57 Å². The van der Waals surface area contributed by atoms with Crippen LogP contribution in [0.4, 0.5) is 16.4 Å². The summed E-state index contributed by atoms with van der Waals surface area (Å²) in [7, 11) is 0. The molecule has 0 spiro atoms. The van der Waals surface area contributed by atoms with Crippen LogP contribution in [0.2, 0.25) is 5.15 Å². The molecule has 23 heavy (non-hydrogen) atoms. The van der Waals surface area contributed by atoms with Crippen LogP contribution in [0.3, 0.4) is 0 Å². The monoisotopic (exact) mass is 337 g/mol. The average Bonchev–Trinajstić information content (AvgIpc) is 2.45. The summed E-state index contributed by atoms with van der Waals surface area (Å²) in [5.74, 6) is 0.470. The molecule has 1 aliphatic heterocycles. The predicted molar refractivity (Wildman–Crippen MR) is 87.9 cm³/mol. The Morgan fingerprint density at radius 1 is 1.48 bits per heavy atom. The van der Waals surface area contributed by atoms with Gasteiger partial charge in [-0.2, -0.15) is 0 Å². The van der Waals surface area contributed by atoms with Gasteiger partial charge in [-0.05, 0) is 27.7 Å². The quantitative estimate of drug-likeness (QED) is 0.582. The van der Waals surface area contributed by atoms with E-state index in [1.54, 1.807) is 4.90 Å². The summed E-state index contributed by atoms with van der Waals surface area (Å²) in [5.41, 5.74) is -0.281. The van der Waals surface area contributed by atoms with Crippen molar-refractivity contribution in [2.24, 2.45) is 0 Å². The molecule has 0 N–H and O–H groups in total. The van der Waals surface area contributed by atoms with Gasteiger partial charge in [-0.3, -0.25) is 0 Å². The van der Waals surface area contributed by atoms with Gasteiger partial charge < -0.3 is 14.5 Å². The average molecular weight is 338 g/mol. The van der Waals surface area contributed by atoms with E-state index >= 15 is 0 Å². The Labute approximate surface area is 141 Å². The van der Waals surface area contributed by atoms with Crippen LogP contribution in [0.15, 0.2) is 6.20 Å². The Morgan fingerprint density at radius 3 is 2.70 bits per heavy atom. The maximum atomic E-state index is 12.2. The van der Waals surface area contributed by atoms with Gasteiger partial charge in [0, 0.05) is 31.9 Å². The normalized spacial score (nSPS) is 18.5. The Balaban J connectivity index is 2.05. The van der Waals surface area contributed by atoms with Crippen molar-refractivity contribution in [1.29, 1.82) is 0 Å². The first-order valence-corrected chi connectivity index (χ1v) is 7.73. The van der Waals surface area contributed by atoms with E-state index < -0.39 is 5.60 Å². The molecule has 1 saturated heterocycles. The van der Waals surface area contributed by atoms with Crippen LogP contribution in [0.5, 0.6) is 0 Å². The Bertz CT molecular complexity index is 638. The zero-order valence-corrected chi connectivity index (χ0v) is 14.5. The molecule has 0 bridgehead atoms. The van der Waals surface area contributed by atoms with Crippen molar-refractivity contribution in [2.75, 3.05) is 24.5 Å². The zero-order chi connectivity index (χ0) is 17.2. The second-order valence-corrected chi connectivity index (χ2v) is 6.78. The molecule has 1 atom stereocenters. The highest BCUT2D eigenvalue weighted by Gasteiger charge is 2.31. The van der Waals surface area contributed by atoms with Crippen molar-refractivity contribution in [3.8, 4) is 0 Å². The number of hydrogen-bond acceptors (Lipinski definition) is 5. The fourth-order valence-electron chi connectivity index (χ4n) is 2.30. The molecule has 0 aromatic carbocycles. The Kier molecular flexibility index (Phi) is 4.95. The molecule has 0 aliphatic carbocycles. The third-order valence-electron chi connectivity index (χ3n) is 3.37. The second-order valence-electron chi connectivity index (χ2n) is 6.43. The van der Waals surface area contributed by atoms with Crippen molar-refractivity contribution in [3.05, 3.63) is 22.8 Å². The fraction of sp³-hybridized carbons (Fsp3) is 0.600. The van der Waals surface area contributed by atoms with E-state index in [0.717, 1.165) is 0 Å². The van der Waals surface area contributed by atoms with Crippen LogP contribution < -0.4 is 4.90 Å².